The van der Waals surface area contributed by atoms with Gasteiger partial charge in [-0.1, -0.05) is 24.3 Å². The van der Waals surface area contributed by atoms with Crippen LogP contribution in [0.1, 0.15) is 41.8 Å². The van der Waals surface area contributed by atoms with Gasteiger partial charge in [-0.15, -0.1) is 0 Å². The van der Waals surface area contributed by atoms with E-state index in [2.05, 4.69) is 5.10 Å². The lowest BCUT2D eigenvalue weighted by Crippen LogP contribution is -2.60. The van der Waals surface area contributed by atoms with Crippen molar-refractivity contribution in [3.05, 3.63) is 52.8 Å². The van der Waals surface area contributed by atoms with Crippen LogP contribution in [0.15, 0.2) is 30.3 Å². The third-order valence-electron chi connectivity index (χ3n) is 6.75. The number of benzene rings is 1. The summed E-state index contributed by atoms with van der Waals surface area (Å²) in [5.74, 6) is -5.77. The maximum atomic E-state index is 14.9. The second-order valence-corrected chi connectivity index (χ2v) is 9.92. The van der Waals surface area contributed by atoms with Crippen LogP contribution in [-0.2, 0) is 29.7 Å². The van der Waals surface area contributed by atoms with Crippen LogP contribution in [0.5, 0.6) is 0 Å². The minimum Gasteiger partial charge on any atom is -0.475 e. The zero-order chi connectivity index (χ0) is 27.6. The molecule has 0 radical (unpaired) electrons. The molecule has 2 saturated heterocycles. The van der Waals surface area contributed by atoms with Gasteiger partial charge in [0.25, 0.3) is 5.92 Å². The molecule has 1 amide bonds. The number of rotatable bonds is 4. The number of carboxylic acid groups (broad SMARTS) is 1. The van der Waals surface area contributed by atoms with Gasteiger partial charge in [-0.3, -0.25) is 14.4 Å². The van der Waals surface area contributed by atoms with Gasteiger partial charge < -0.3 is 10.0 Å². The molecule has 0 saturated carbocycles. The predicted molar refractivity (Wildman–Crippen MR) is 125 cm³/mol. The number of piperidine rings is 2. The highest BCUT2D eigenvalue weighted by molar-refractivity contribution is 5.84. The van der Waals surface area contributed by atoms with Crippen LogP contribution in [0.25, 0.3) is 0 Å². The van der Waals surface area contributed by atoms with Crippen LogP contribution in [-0.4, -0.2) is 68.3 Å². The van der Waals surface area contributed by atoms with Crippen LogP contribution in [0.4, 0.5) is 22.0 Å². The predicted octanol–water partition coefficient (Wildman–Crippen LogP) is 4.32. The molecule has 2 aliphatic rings. The molecule has 4 rings (SSSR count). The molecule has 1 N–H and O–H groups in total. The number of carbonyl (C=O) groups is 2. The Balaban J connectivity index is 0.000000479. The van der Waals surface area contributed by atoms with E-state index in [1.807, 2.05) is 51.2 Å². The highest BCUT2D eigenvalue weighted by atomic mass is 19.4. The van der Waals surface area contributed by atoms with E-state index in [-0.39, 0.29) is 18.9 Å². The Hall–Kier alpha value is -3.02. The molecular weight excluding hydrogens is 499 g/mol. The van der Waals surface area contributed by atoms with Gasteiger partial charge in [0.05, 0.1) is 29.9 Å². The van der Waals surface area contributed by atoms with Gasteiger partial charge in [-0.05, 0) is 43.9 Å². The number of carbonyl (C=O) groups excluding carboxylic acids is 1. The van der Waals surface area contributed by atoms with E-state index in [4.69, 9.17) is 9.90 Å². The number of alkyl halides is 5. The van der Waals surface area contributed by atoms with Crippen LogP contribution in [0, 0.1) is 19.3 Å². The SMILES string of the molecule is Cc1cc(CN2CCCC3(CN(Cc4ccccc4C)CC(F)(F)C3)C2=O)n(C)n1.O=C(O)C(F)(F)F. The van der Waals surface area contributed by atoms with E-state index < -0.39 is 23.5 Å². The van der Waals surface area contributed by atoms with Crippen molar-refractivity contribution in [2.24, 2.45) is 12.5 Å². The molecule has 1 spiro atoms. The van der Waals surface area contributed by atoms with Crippen LogP contribution in [0.2, 0.25) is 0 Å². The average molecular weight is 531 g/mol. The molecular formula is C25H31F5N4O3. The summed E-state index contributed by atoms with van der Waals surface area (Å²) in [7, 11) is 1.85. The molecule has 0 aliphatic carbocycles. The van der Waals surface area contributed by atoms with Crippen molar-refractivity contribution in [2.45, 2.75) is 58.3 Å². The van der Waals surface area contributed by atoms with Crippen molar-refractivity contribution in [1.29, 1.82) is 0 Å². The van der Waals surface area contributed by atoms with E-state index in [0.29, 0.717) is 32.6 Å². The van der Waals surface area contributed by atoms with Gasteiger partial charge >= 0.3 is 12.1 Å². The van der Waals surface area contributed by atoms with Gasteiger partial charge in [-0.25, -0.2) is 13.6 Å². The summed E-state index contributed by atoms with van der Waals surface area (Å²) >= 11 is 0. The average Bonchev–Trinajstić information content (AvgIpc) is 3.08. The van der Waals surface area contributed by atoms with Crippen molar-refractivity contribution < 1.29 is 36.6 Å². The van der Waals surface area contributed by atoms with Gasteiger partial charge in [0.1, 0.15) is 0 Å². The van der Waals surface area contributed by atoms with Gasteiger partial charge in [-0.2, -0.15) is 18.3 Å². The van der Waals surface area contributed by atoms with E-state index in [1.165, 1.54) is 0 Å². The maximum absolute atomic E-state index is 14.9. The highest BCUT2D eigenvalue weighted by Crippen LogP contribution is 2.45. The topological polar surface area (TPSA) is 78.7 Å². The Morgan fingerprint density at radius 2 is 1.78 bits per heavy atom. The number of carboxylic acids is 1. The van der Waals surface area contributed by atoms with E-state index in [0.717, 1.165) is 28.9 Å². The number of hydrogen-bond donors (Lipinski definition) is 1. The first kappa shape index (κ1) is 28.5. The minimum atomic E-state index is -5.08. The summed E-state index contributed by atoms with van der Waals surface area (Å²) in [4.78, 5) is 25.9. The lowest BCUT2D eigenvalue weighted by molar-refractivity contribution is -0.192. The molecule has 2 fully saturated rings. The summed E-state index contributed by atoms with van der Waals surface area (Å²) in [6.07, 6.45) is -4.17. The largest absolute Gasteiger partial charge is 0.490 e. The monoisotopic (exact) mass is 530 g/mol. The van der Waals surface area contributed by atoms with Crippen molar-refractivity contribution >= 4 is 11.9 Å². The molecule has 12 heteroatoms. The number of amides is 1. The number of nitrogens with zero attached hydrogens (tertiary/aromatic N) is 4. The molecule has 7 nitrogen and oxygen atoms in total. The van der Waals surface area contributed by atoms with Crippen LogP contribution >= 0.6 is 0 Å². The molecule has 1 aromatic heterocycles. The fourth-order valence-electron chi connectivity index (χ4n) is 5.18. The second kappa shape index (κ2) is 10.8. The summed E-state index contributed by atoms with van der Waals surface area (Å²) in [5, 5.41) is 11.5. The number of halogens is 5. The maximum Gasteiger partial charge on any atom is 0.490 e. The third kappa shape index (κ3) is 7.06. The van der Waals surface area contributed by atoms with Crippen molar-refractivity contribution in [3.8, 4) is 0 Å². The second-order valence-electron chi connectivity index (χ2n) is 9.92. The first-order valence-electron chi connectivity index (χ1n) is 11.9. The fourth-order valence-corrected chi connectivity index (χ4v) is 5.18. The van der Waals surface area contributed by atoms with Gasteiger partial charge in [0.2, 0.25) is 5.91 Å². The molecule has 1 unspecified atom stereocenters. The fraction of sp³-hybridized carbons (Fsp3) is 0.560. The molecule has 2 aromatic rings. The van der Waals surface area contributed by atoms with Gasteiger partial charge in [0.15, 0.2) is 0 Å². The van der Waals surface area contributed by atoms with Crippen LogP contribution < -0.4 is 0 Å². The minimum absolute atomic E-state index is 0.137. The van der Waals surface area contributed by atoms with E-state index in [9.17, 15) is 26.7 Å². The lowest BCUT2D eigenvalue weighted by Gasteiger charge is -2.49. The zero-order valence-electron chi connectivity index (χ0n) is 21.0. The standard InChI is InChI=1S/C23H30F2N4O.C2HF3O2/c1-17-7-4-5-8-19(17)12-28-15-22(14-23(24,25)16-28)9-6-10-29(21(22)30)13-20-11-18(2)26-27(20)3;3-2(4,5)1(6)7/h4-5,7-8,11H,6,9-10,12-16H2,1-3H3;(H,6,7). The smallest absolute Gasteiger partial charge is 0.475 e. The number of hydrogen-bond acceptors (Lipinski definition) is 4. The number of aromatic nitrogens is 2. The summed E-state index contributed by atoms with van der Waals surface area (Å²) in [6, 6.07) is 9.82. The molecule has 1 atom stereocenters. The Kier molecular flexibility index (Phi) is 8.31. The normalized spacial score (nSPS) is 22.1. The molecule has 204 valence electrons. The lowest BCUT2D eigenvalue weighted by atomic mass is 9.71. The Morgan fingerprint density at radius 3 is 2.35 bits per heavy atom. The molecule has 0 bridgehead atoms. The van der Waals surface area contributed by atoms with Crippen molar-refractivity contribution in [3.63, 3.8) is 0 Å². The van der Waals surface area contributed by atoms with Crippen LogP contribution in [0.3, 0.4) is 0 Å². The Bertz CT molecular complexity index is 1130. The summed E-state index contributed by atoms with van der Waals surface area (Å²) in [6.45, 7) is 5.46. The van der Waals surface area contributed by atoms with Crippen molar-refractivity contribution in [1.82, 2.24) is 19.6 Å². The Labute approximate surface area is 211 Å². The molecule has 3 heterocycles. The number of likely N-dealkylation sites (tertiary alicyclic amines) is 2. The summed E-state index contributed by atoms with van der Waals surface area (Å²) in [5.41, 5.74) is 2.92. The first-order valence-corrected chi connectivity index (χ1v) is 11.9. The molecule has 37 heavy (non-hydrogen) atoms. The highest BCUT2D eigenvalue weighted by Gasteiger charge is 2.55. The molecule has 1 aromatic carbocycles. The van der Waals surface area contributed by atoms with E-state index in [1.54, 1.807) is 14.5 Å². The van der Waals surface area contributed by atoms with Crippen molar-refractivity contribution in [2.75, 3.05) is 19.6 Å². The van der Waals surface area contributed by atoms with Gasteiger partial charge in [0, 0.05) is 33.1 Å². The molecule has 2 aliphatic heterocycles. The van der Waals surface area contributed by atoms with E-state index >= 15 is 0 Å². The zero-order valence-corrected chi connectivity index (χ0v) is 21.0. The number of aliphatic carboxylic acids is 1. The summed E-state index contributed by atoms with van der Waals surface area (Å²) < 4.78 is 63.2. The quantitative estimate of drug-likeness (QED) is 0.596. The third-order valence-corrected chi connectivity index (χ3v) is 6.75. The number of aryl methyl sites for hydroxylation is 3. The first-order chi connectivity index (χ1) is 17.1. The Morgan fingerprint density at radius 1 is 1.14 bits per heavy atom.